The molecule has 0 spiro atoms. The molecule has 3 rings (SSSR count). The van der Waals surface area contributed by atoms with E-state index in [0.29, 0.717) is 5.75 Å². The van der Waals surface area contributed by atoms with E-state index in [1.165, 1.54) is 0 Å². The van der Waals surface area contributed by atoms with Crippen LogP contribution in [0.5, 0.6) is 5.75 Å². The Labute approximate surface area is 164 Å². The van der Waals surface area contributed by atoms with Crippen molar-refractivity contribution in [3.8, 4) is 5.75 Å². The second-order valence-corrected chi connectivity index (χ2v) is 8.72. The van der Waals surface area contributed by atoms with Crippen molar-refractivity contribution in [3.05, 3.63) is 102 Å². The zero-order valence-electron chi connectivity index (χ0n) is 14.5. The first-order chi connectivity index (χ1) is 13.2. The molecule has 1 atom stereocenters. The van der Waals surface area contributed by atoms with Gasteiger partial charge in [0.25, 0.3) is 0 Å². The van der Waals surface area contributed by atoms with Gasteiger partial charge in [0, 0.05) is 0 Å². The lowest BCUT2D eigenvalue weighted by Crippen LogP contribution is -2.19. The Balaban J connectivity index is 1.72. The van der Waals surface area contributed by atoms with Gasteiger partial charge in [0.2, 0.25) is 0 Å². The predicted molar refractivity (Wildman–Crippen MR) is 116 cm³/mol. The van der Waals surface area contributed by atoms with Crippen LogP contribution in [0.1, 0.15) is 11.1 Å². The lowest BCUT2D eigenvalue weighted by Gasteiger charge is -2.21. The van der Waals surface area contributed by atoms with Crippen LogP contribution in [-0.2, 0) is 11.8 Å². The lowest BCUT2D eigenvalue weighted by atomic mass is 10.2. The fraction of sp³-hybridized carbons (Fsp3) is 0. The van der Waals surface area contributed by atoms with Crippen molar-refractivity contribution in [3.63, 3.8) is 0 Å². The number of hydrogen-bond acceptors (Lipinski definition) is 4. The van der Waals surface area contributed by atoms with Crippen LogP contribution < -0.4 is 14.9 Å². The van der Waals surface area contributed by atoms with Crippen LogP contribution in [0.25, 0.3) is 0 Å². The molecule has 0 fully saturated rings. The Kier molecular flexibility index (Phi) is 6.74. The van der Waals surface area contributed by atoms with Crippen LogP contribution in [0.3, 0.4) is 0 Å². The van der Waals surface area contributed by atoms with Gasteiger partial charge in [-0.1, -0.05) is 78.9 Å². The maximum Gasteiger partial charge on any atom is 0.331 e. The average Bonchev–Trinajstić information content (AvgIpc) is 2.70. The number of para-hydroxylation sites is 1. The molecule has 0 radical (unpaired) electrons. The van der Waals surface area contributed by atoms with E-state index in [1.807, 2.05) is 91.0 Å². The minimum absolute atomic E-state index is 0.644. The number of hydrazone groups is 2. The summed E-state index contributed by atoms with van der Waals surface area (Å²) < 4.78 is 5.95. The van der Waals surface area contributed by atoms with Gasteiger partial charge in [0.15, 0.2) is 0 Å². The molecule has 0 saturated carbocycles. The van der Waals surface area contributed by atoms with Crippen molar-refractivity contribution >= 4 is 30.8 Å². The Bertz CT molecular complexity index is 878. The van der Waals surface area contributed by atoms with Gasteiger partial charge in [0.1, 0.15) is 5.75 Å². The third-order valence-corrected chi connectivity index (χ3v) is 5.32. The van der Waals surface area contributed by atoms with Crippen LogP contribution in [-0.4, -0.2) is 12.4 Å². The molecule has 3 aromatic rings. The van der Waals surface area contributed by atoms with E-state index in [-0.39, 0.29) is 0 Å². The molecule has 0 aliphatic heterocycles. The standard InChI is InChI=1S/C20H19N4OPS/c27-26(25-20-14-8-3-9-15-20,23-21-16-18-10-4-1-5-11-18)24-22-17-19-12-6-2-7-13-19/h1-17H,(H2,23,24,27)/b21-16-,22-17?. The van der Waals surface area contributed by atoms with E-state index in [4.69, 9.17) is 16.3 Å². The molecular formula is C20H19N4OPS. The van der Waals surface area contributed by atoms with Gasteiger partial charge in [-0.3, -0.25) is 0 Å². The zero-order chi connectivity index (χ0) is 18.8. The molecule has 27 heavy (non-hydrogen) atoms. The summed E-state index contributed by atoms with van der Waals surface area (Å²) in [5, 5.41) is 14.3. The molecule has 0 aliphatic carbocycles. The summed E-state index contributed by atoms with van der Waals surface area (Å²) in [6.45, 7) is -2.78. The Hall–Kier alpha value is -2.95. The minimum Gasteiger partial charge on any atom is -0.432 e. The second kappa shape index (κ2) is 9.67. The number of benzene rings is 3. The highest BCUT2D eigenvalue weighted by Crippen LogP contribution is 2.39. The monoisotopic (exact) mass is 394 g/mol. The molecule has 0 amide bonds. The quantitative estimate of drug-likeness (QED) is 0.335. The van der Waals surface area contributed by atoms with E-state index < -0.39 is 6.57 Å². The molecule has 1 unspecified atom stereocenters. The largest absolute Gasteiger partial charge is 0.432 e. The molecule has 5 nitrogen and oxygen atoms in total. The number of nitrogens with zero attached hydrogens (tertiary/aromatic N) is 2. The molecule has 0 saturated heterocycles. The summed E-state index contributed by atoms with van der Waals surface area (Å²) in [6, 6.07) is 28.9. The van der Waals surface area contributed by atoms with Gasteiger partial charge in [-0.15, -0.1) is 0 Å². The van der Waals surface area contributed by atoms with Crippen molar-refractivity contribution in [2.24, 2.45) is 10.2 Å². The minimum atomic E-state index is -2.78. The normalized spacial score (nSPS) is 13.3. The summed E-state index contributed by atoms with van der Waals surface area (Å²) in [5.74, 6) is 0.644. The summed E-state index contributed by atoms with van der Waals surface area (Å²) in [6.07, 6.45) is 3.38. The van der Waals surface area contributed by atoms with E-state index in [0.717, 1.165) is 11.1 Å². The average molecular weight is 394 g/mol. The number of hydrogen-bond donors (Lipinski definition) is 2. The maximum atomic E-state index is 5.95. The molecule has 136 valence electrons. The highest BCUT2D eigenvalue weighted by molar-refractivity contribution is 8.10. The predicted octanol–water partition coefficient (Wildman–Crippen LogP) is 4.54. The molecule has 0 aromatic heterocycles. The molecule has 0 bridgehead atoms. The highest BCUT2D eigenvalue weighted by atomic mass is 32.4. The lowest BCUT2D eigenvalue weighted by molar-refractivity contribution is 0.583. The fourth-order valence-electron chi connectivity index (χ4n) is 2.13. The van der Waals surface area contributed by atoms with Gasteiger partial charge in [0.05, 0.1) is 12.4 Å². The van der Waals surface area contributed by atoms with Gasteiger partial charge >= 0.3 is 6.57 Å². The van der Waals surface area contributed by atoms with Crippen molar-refractivity contribution in [1.82, 2.24) is 10.4 Å². The summed E-state index contributed by atoms with van der Waals surface area (Å²) in [5.41, 5.74) is 1.91. The summed E-state index contributed by atoms with van der Waals surface area (Å²) >= 11 is 5.65. The number of nitrogens with one attached hydrogen (secondary N) is 2. The first kappa shape index (κ1) is 18.8. The summed E-state index contributed by atoms with van der Waals surface area (Å²) in [7, 11) is 0. The van der Waals surface area contributed by atoms with Gasteiger partial charge in [-0.05, 0) is 35.1 Å². The molecule has 0 aliphatic rings. The molecular weight excluding hydrogens is 375 g/mol. The van der Waals surface area contributed by atoms with E-state index in [9.17, 15) is 0 Å². The fourth-order valence-corrected chi connectivity index (χ4v) is 3.64. The van der Waals surface area contributed by atoms with Crippen LogP contribution in [0.2, 0.25) is 0 Å². The smallest absolute Gasteiger partial charge is 0.331 e. The first-order valence-corrected chi connectivity index (χ1v) is 11.0. The Morgan fingerprint density at radius 2 is 1.07 bits per heavy atom. The highest BCUT2D eigenvalue weighted by Gasteiger charge is 2.17. The van der Waals surface area contributed by atoms with Crippen LogP contribution in [0, 0.1) is 0 Å². The van der Waals surface area contributed by atoms with Crippen molar-refractivity contribution in [2.75, 3.05) is 0 Å². The van der Waals surface area contributed by atoms with Crippen molar-refractivity contribution in [1.29, 1.82) is 0 Å². The van der Waals surface area contributed by atoms with Crippen LogP contribution in [0.4, 0.5) is 0 Å². The third-order valence-electron chi connectivity index (χ3n) is 3.38. The Morgan fingerprint density at radius 3 is 1.52 bits per heavy atom. The van der Waals surface area contributed by atoms with E-state index >= 15 is 0 Å². The molecule has 3 aromatic carbocycles. The van der Waals surface area contributed by atoms with Crippen LogP contribution >= 0.6 is 6.57 Å². The molecule has 0 heterocycles. The van der Waals surface area contributed by atoms with Gasteiger partial charge in [-0.2, -0.15) is 10.2 Å². The first-order valence-electron chi connectivity index (χ1n) is 8.29. The second-order valence-electron chi connectivity index (χ2n) is 5.49. The van der Waals surface area contributed by atoms with Crippen LogP contribution in [0.15, 0.2) is 101 Å². The topological polar surface area (TPSA) is 58.0 Å². The van der Waals surface area contributed by atoms with Crippen molar-refractivity contribution < 1.29 is 4.52 Å². The zero-order valence-corrected chi connectivity index (χ0v) is 16.2. The molecule has 7 heteroatoms. The van der Waals surface area contributed by atoms with Gasteiger partial charge in [-0.25, -0.2) is 10.4 Å². The van der Waals surface area contributed by atoms with E-state index in [1.54, 1.807) is 12.4 Å². The number of rotatable bonds is 8. The van der Waals surface area contributed by atoms with Crippen molar-refractivity contribution in [2.45, 2.75) is 0 Å². The maximum absolute atomic E-state index is 5.95. The Morgan fingerprint density at radius 1 is 0.667 bits per heavy atom. The SMILES string of the molecule is S=P(NN=Cc1ccccc1)(N/N=C\c1ccccc1)Oc1ccccc1. The van der Waals surface area contributed by atoms with E-state index in [2.05, 4.69) is 20.6 Å². The summed E-state index contributed by atoms with van der Waals surface area (Å²) in [4.78, 5) is 0. The third kappa shape index (κ3) is 6.37. The van der Waals surface area contributed by atoms with Gasteiger partial charge < -0.3 is 4.52 Å². The molecule has 2 N–H and O–H groups in total.